The van der Waals surface area contributed by atoms with E-state index in [1.807, 2.05) is 0 Å². The molecule has 0 saturated heterocycles. The second-order valence-corrected chi connectivity index (χ2v) is 3.87. The second kappa shape index (κ2) is 6.34. The van der Waals surface area contributed by atoms with Crippen LogP contribution in [-0.4, -0.2) is 13.0 Å². The second-order valence-electron chi connectivity index (χ2n) is 3.87. The number of nitrogens with two attached hydrogens (primary N) is 3. The lowest BCUT2D eigenvalue weighted by atomic mass is 10.1. The molecule has 0 spiro atoms. The van der Waals surface area contributed by atoms with Gasteiger partial charge in [-0.15, -0.1) is 0 Å². The zero-order chi connectivity index (χ0) is 14.4. The highest BCUT2D eigenvalue weighted by Gasteiger charge is 2.10. The van der Waals surface area contributed by atoms with Gasteiger partial charge in [-0.2, -0.15) is 0 Å². The Morgan fingerprint density at radius 3 is 2.63 bits per heavy atom. The first-order valence-corrected chi connectivity index (χ1v) is 5.59. The summed E-state index contributed by atoms with van der Waals surface area (Å²) in [5, 5.41) is 2.53. The fourth-order valence-electron chi connectivity index (χ4n) is 1.38. The molecule has 0 fully saturated rings. The Kier molecular flexibility index (Phi) is 4.82. The van der Waals surface area contributed by atoms with E-state index in [9.17, 15) is 4.79 Å². The maximum Gasteiger partial charge on any atom is 0.257 e. The van der Waals surface area contributed by atoms with Crippen LogP contribution in [-0.2, 0) is 4.74 Å². The van der Waals surface area contributed by atoms with Gasteiger partial charge in [0.2, 0.25) is 0 Å². The number of ether oxygens (including phenoxy) is 1. The van der Waals surface area contributed by atoms with Crippen LogP contribution in [0.25, 0.3) is 0 Å². The minimum Gasteiger partial charge on any atom is -0.483 e. The summed E-state index contributed by atoms with van der Waals surface area (Å²) in [5.74, 6) is 0.0205. The van der Waals surface area contributed by atoms with Gasteiger partial charge in [-0.3, -0.25) is 4.79 Å². The molecular weight excluding hydrogens is 244 g/mol. The summed E-state index contributed by atoms with van der Waals surface area (Å²) in [4.78, 5) is 12.0. The third-order valence-electron chi connectivity index (χ3n) is 2.54. The number of hydrogen-bond acceptors (Lipinski definition) is 5. The number of allylic oxidation sites excluding steroid dienone is 2. The van der Waals surface area contributed by atoms with Crippen molar-refractivity contribution in [2.45, 2.75) is 6.92 Å². The number of benzene rings is 1. The number of amides is 1. The summed E-state index contributed by atoms with van der Waals surface area (Å²) in [5.41, 5.74) is 18.5. The molecule has 0 aliphatic heterocycles. The maximum atomic E-state index is 12.0. The molecule has 1 rings (SSSR count). The monoisotopic (exact) mass is 262 g/mol. The molecule has 19 heavy (non-hydrogen) atoms. The zero-order valence-electron chi connectivity index (χ0n) is 10.9. The van der Waals surface area contributed by atoms with Gasteiger partial charge >= 0.3 is 0 Å². The average molecular weight is 262 g/mol. The summed E-state index contributed by atoms with van der Waals surface area (Å²) in [6.45, 7) is 1.77. The lowest BCUT2D eigenvalue weighted by Gasteiger charge is -2.09. The van der Waals surface area contributed by atoms with Gasteiger partial charge in [-0.25, -0.2) is 0 Å². The van der Waals surface area contributed by atoms with Crippen LogP contribution in [0.3, 0.4) is 0 Å². The molecule has 0 radical (unpaired) electrons. The molecule has 0 atom stereocenters. The Bertz CT molecular complexity index is 535. The molecule has 0 saturated carbocycles. The maximum absolute atomic E-state index is 12.0. The molecule has 0 bridgehead atoms. The predicted molar refractivity (Wildman–Crippen MR) is 74.6 cm³/mol. The molecular formula is C13H18N4O2. The number of hydrogen-bond donors (Lipinski definition) is 4. The van der Waals surface area contributed by atoms with Crippen LogP contribution in [0.2, 0.25) is 0 Å². The van der Waals surface area contributed by atoms with Crippen LogP contribution >= 0.6 is 0 Å². The van der Waals surface area contributed by atoms with E-state index < -0.39 is 0 Å². The van der Waals surface area contributed by atoms with Gasteiger partial charge in [0.05, 0.1) is 7.11 Å². The third-order valence-corrected chi connectivity index (χ3v) is 2.54. The van der Waals surface area contributed by atoms with E-state index in [1.54, 1.807) is 25.1 Å². The summed E-state index contributed by atoms with van der Waals surface area (Å²) in [7, 11) is 1.44. The van der Waals surface area contributed by atoms with E-state index in [1.165, 1.54) is 19.3 Å². The molecule has 0 aromatic heterocycles. The Morgan fingerprint density at radius 2 is 2.00 bits per heavy atom. The molecule has 0 heterocycles. The zero-order valence-corrected chi connectivity index (χ0v) is 10.9. The Labute approximate surface area is 111 Å². The number of carbonyl (C=O) groups excluding carboxylic acids is 1. The van der Waals surface area contributed by atoms with Crippen LogP contribution in [0.15, 0.2) is 42.1 Å². The van der Waals surface area contributed by atoms with Gasteiger partial charge in [0.15, 0.2) is 5.88 Å². The standard InChI is InChI=1S/C13H18N4O2/c1-8-9(4-3-5-10(8)14)13(18)17-11(15)6-7-12(16)19-2/h3-7H,14-16H2,1-2H3,(H,17,18)/b11-6+,12-7+. The van der Waals surface area contributed by atoms with Crippen molar-refractivity contribution in [3.8, 4) is 0 Å². The third kappa shape index (κ3) is 3.95. The first-order chi connectivity index (χ1) is 8.95. The van der Waals surface area contributed by atoms with Crippen LogP contribution in [0, 0.1) is 6.92 Å². The lowest BCUT2D eigenvalue weighted by Crippen LogP contribution is -2.28. The molecule has 1 amide bonds. The van der Waals surface area contributed by atoms with E-state index in [0.29, 0.717) is 16.8 Å². The minimum absolute atomic E-state index is 0.159. The molecule has 0 unspecified atom stereocenters. The van der Waals surface area contributed by atoms with E-state index in [-0.39, 0.29) is 17.6 Å². The fourth-order valence-corrected chi connectivity index (χ4v) is 1.38. The quantitative estimate of drug-likeness (QED) is 0.359. The molecule has 6 nitrogen and oxygen atoms in total. The predicted octanol–water partition coefficient (Wildman–Crippen LogP) is 0.554. The highest BCUT2D eigenvalue weighted by atomic mass is 16.5. The van der Waals surface area contributed by atoms with Crippen molar-refractivity contribution in [3.63, 3.8) is 0 Å². The first-order valence-electron chi connectivity index (χ1n) is 5.59. The molecule has 7 N–H and O–H groups in total. The van der Waals surface area contributed by atoms with E-state index in [2.05, 4.69) is 5.32 Å². The van der Waals surface area contributed by atoms with Gasteiger partial charge in [0.25, 0.3) is 5.91 Å². The molecule has 1 aromatic rings. The number of carbonyl (C=O) groups is 1. The average Bonchev–Trinajstić information content (AvgIpc) is 2.38. The molecule has 0 aliphatic rings. The minimum atomic E-state index is -0.331. The van der Waals surface area contributed by atoms with Crippen molar-refractivity contribution in [3.05, 3.63) is 53.2 Å². The Balaban J connectivity index is 2.83. The van der Waals surface area contributed by atoms with Gasteiger partial charge in [0, 0.05) is 17.3 Å². The number of nitrogens with one attached hydrogen (secondary N) is 1. The largest absolute Gasteiger partial charge is 0.483 e. The van der Waals surface area contributed by atoms with Gasteiger partial charge in [0.1, 0.15) is 5.82 Å². The normalized spacial score (nSPS) is 12.1. The number of methoxy groups -OCH3 is 1. The lowest BCUT2D eigenvalue weighted by molar-refractivity contribution is 0.0965. The summed E-state index contributed by atoms with van der Waals surface area (Å²) < 4.78 is 4.73. The van der Waals surface area contributed by atoms with Gasteiger partial charge in [-0.1, -0.05) is 6.07 Å². The highest BCUT2D eigenvalue weighted by molar-refractivity contribution is 5.97. The van der Waals surface area contributed by atoms with Crippen LogP contribution in [0.4, 0.5) is 5.69 Å². The fraction of sp³-hybridized carbons (Fsp3) is 0.154. The van der Waals surface area contributed by atoms with Crippen molar-refractivity contribution in [2.24, 2.45) is 11.5 Å². The molecule has 6 heteroatoms. The summed E-state index contributed by atoms with van der Waals surface area (Å²) in [6, 6.07) is 5.11. The van der Waals surface area contributed by atoms with Crippen LogP contribution < -0.4 is 22.5 Å². The van der Waals surface area contributed by atoms with Gasteiger partial charge < -0.3 is 27.3 Å². The Hall–Kier alpha value is -2.63. The number of nitrogen functional groups attached to an aromatic ring is 1. The van der Waals surface area contributed by atoms with Crippen molar-refractivity contribution in [1.82, 2.24) is 5.32 Å². The number of rotatable bonds is 4. The van der Waals surface area contributed by atoms with Crippen molar-refractivity contribution < 1.29 is 9.53 Å². The molecule has 1 aromatic carbocycles. The Morgan fingerprint density at radius 1 is 1.32 bits per heavy atom. The number of anilines is 1. The van der Waals surface area contributed by atoms with Crippen molar-refractivity contribution >= 4 is 11.6 Å². The molecule has 0 aliphatic carbocycles. The van der Waals surface area contributed by atoms with E-state index in [4.69, 9.17) is 21.9 Å². The summed E-state index contributed by atoms with van der Waals surface area (Å²) in [6.07, 6.45) is 2.89. The topological polar surface area (TPSA) is 116 Å². The van der Waals surface area contributed by atoms with Crippen LogP contribution in [0.5, 0.6) is 0 Å². The highest BCUT2D eigenvalue weighted by Crippen LogP contribution is 2.15. The van der Waals surface area contributed by atoms with Crippen LogP contribution in [0.1, 0.15) is 15.9 Å². The first kappa shape index (κ1) is 14.4. The SMILES string of the molecule is CO/C(N)=C/C=C(\N)NC(=O)c1cccc(N)c1C. The smallest absolute Gasteiger partial charge is 0.257 e. The van der Waals surface area contributed by atoms with Crippen molar-refractivity contribution in [2.75, 3.05) is 12.8 Å². The van der Waals surface area contributed by atoms with Gasteiger partial charge in [-0.05, 0) is 30.7 Å². The molecule has 102 valence electrons. The van der Waals surface area contributed by atoms with E-state index in [0.717, 1.165) is 0 Å². The van der Waals surface area contributed by atoms with E-state index >= 15 is 0 Å². The summed E-state index contributed by atoms with van der Waals surface area (Å²) >= 11 is 0. The van der Waals surface area contributed by atoms with Crippen molar-refractivity contribution in [1.29, 1.82) is 0 Å².